The number of fused-ring (bicyclic) bond motifs is 1. The number of anilines is 4. The van der Waals surface area contributed by atoms with Gasteiger partial charge in [-0.1, -0.05) is 23.7 Å². The van der Waals surface area contributed by atoms with E-state index in [2.05, 4.69) is 25.7 Å². The Hall–Kier alpha value is -2.89. The van der Waals surface area contributed by atoms with Gasteiger partial charge >= 0.3 is 0 Å². The van der Waals surface area contributed by atoms with Gasteiger partial charge in [0, 0.05) is 29.6 Å². The fourth-order valence-electron chi connectivity index (χ4n) is 3.04. The summed E-state index contributed by atoms with van der Waals surface area (Å²) in [7, 11) is -0.584. The van der Waals surface area contributed by atoms with Gasteiger partial charge in [0.25, 0.3) is 0 Å². The molecule has 0 fully saturated rings. The van der Waals surface area contributed by atoms with Gasteiger partial charge in [0.2, 0.25) is 5.95 Å². The van der Waals surface area contributed by atoms with Gasteiger partial charge < -0.3 is 15.2 Å². The topological polar surface area (TPSA) is 84.7 Å². The molecule has 0 amide bonds. The molecule has 0 radical (unpaired) electrons. The van der Waals surface area contributed by atoms with Crippen molar-refractivity contribution < 1.29 is 4.57 Å². The number of nitrogens with zero attached hydrogens (tertiary/aromatic N) is 4. The van der Waals surface area contributed by atoms with Gasteiger partial charge in [-0.05, 0) is 43.7 Å². The Bertz CT molecular complexity index is 1250. The Morgan fingerprint density at radius 2 is 1.90 bits per heavy atom. The molecular weight excluding hydrogens is 407 g/mol. The fourth-order valence-corrected chi connectivity index (χ4v) is 4.33. The molecule has 0 atom stereocenters. The second-order valence-corrected chi connectivity index (χ2v) is 10.7. The van der Waals surface area contributed by atoms with Crippen LogP contribution in [0, 0.1) is 0 Å². The van der Waals surface area contributed by atoms with Crippen LogP contribution in [0.5, 0.6) is 0 Å². The summed E-state index contributed by atoms with van der Waals surface area (Å²) in [5.41, 5.74) is 2.40. The van der Waals surface area contributed by atoms with Crippen molar-refractivity contribution in [1.29, 1.82) is 0 Å². The van der Waals surface area contributed by atoms with Crippen LogP contribution in [0.15, 0.2) is 54.9 Å². The molecule has 9 heteroatoms. The zero-order valence-corrected chi connectivity index (χ0v) is 17.9. The zero-order valence-electron chi connectivity index (χ0n) is 16.2. The molecule has 29 heavy (non-hydrogen) atoms. The lowest BCUT2D eigenvalue weighted by atomic mass is 10.2. The molecule has 2 N–H and O–H groups in total. The lowest BCUT2D eigenvalue weighted by Crippen LogP contribution is -2.10. The molecule has 0 aliphatic rings. The molecule has 0 aliphatic heterocycles. The van der Waals surface area contributed by atoms with Crippen LogP contribution in [-0.4, -0.2) is 33.1 Å². The summed E-state index contributed by atoms with van der Waals surface area (Å²) in [6.45, 7) is 3.46. The van der Waals surface area contributed by atoms with Gasteiger partial charge in [-0.2, -0.15) is 10.1 Å². The maximum atomic E-state index is 12.6. The maximum absolute atomic E-state index is 12.6. The fraction of sp³-hybridized carbons (Fsp3) is 0.150. The Morgan fingerprint density at radius 3 is 2.69 bits per heavy atom. The highest BCUT2D eigenvalue weighted by atomic mass is 35.5. The van der Waals surface area contributed by atoms with Crippen LogP contribution in [0.2, 0.25) is 5.02 Å². The molecule has 4 aromatic rings. The largest absolute Gasteiger partial charge is 0.338 e. The Morgan fingerprint density at radius 1 is 1.10 bits per heavy atom. The van der Waals surface area contributed by atoms with E-state index in [9.17, 15) is 4.57 Å². The normalized spacial score (nSPS) is 11.6. The second kappa shape index (κ2) is 7.50. The van der Waals surface area contributed by atoms with Gasteiger partial charge in [-0.3, -0.25) is 4.68 Å². The van der Waals surface area contributed by atoms with Crippen molar-refractivity contribution in [3.63, 3.8) is 0 Å². The summed E-state index contributed by atoms with van der Waals surface area (Å²) in [5, 5.41) is 12.9. The predicted molar refractivity (Wildman–Crippen MR) is 120 cm³/mol. The van der Waals surface area contributed by atoms with Gasteiger partial charge in [0.05, 0.1) is 17.4 Å². The highest BCUT2D eigenvalue weighted by Crippen LogP contribution is 2.38. The van der Waals surface area contributed by atoms with Crippen molar-refractivity contribution in [1.82, 2.24) is 19.7 Å². The molecule has 0 saturated heterocycles. The van der Waals surface area contributed by atoms with Gasteiger partial charge in [0.15, 0.2) is 5.82 Å². The average Bonchev–Trinajstić information content (AvgIpc) is 3.03. The third kappa shape index (κ3) is 4.26. The Balaban J connectivity index is 1.63. The van der Waals surface area contributed by atoms with Crippen LogP contribution in [0.25, 0.3) is 10.9 Å². The molecule has 2 aromatic carbocycles. The molecule has 0 unspecified atom stereocenters. The van der Waals surface area contributed by atoms with Crippen LogP contribution in [0.3, 0.4) is 0 Å². The summed E-state index contributed by atoms with van der Waals surface area (Å²) in [6, 6.07) is 13.3. The quantitative estimate of drug-likeness (QED) is 0.448. The van der Waals surface area contributed by atoms with E-state index in [1.54, 1.807) is 18.0 Å². The van der Waals surface area contributed by atoms with Gasteiger partial charge in [-0.15, -0.1) is 0 Å². The highest BCUT2D eigenvalue weighted by molar-refractivity contribution is 7.70. The number of hydrogen-bond donors (Lipinski definition) is 2. The molecule has 0 bridgehead atoms. The first kappa shape index (κ1) is 19.4. The zero-order chi connectivity index (χ0) is 20.6. The first-order chi connectivity index (χ1) is 13.8. The van der Waals surface area contributed by atoms with E-state index >= 15 is 0 Å². The van der Waals surface area contributed by atoms with Crippen LogP contribution < -0.4 is 15.9 Å². The van der Waals surface area contributed by atoms with Crippen LogP contribution >= 0.6 is 18.7 Å². The number of aryl methyl sites for hydroxylation is 1. The summed E-state index contributed by atoms with van der Waals surface area (Å²) >= 11 is 6.30. The summed E-state index contributed by atoms with van der Waals surface area (Å²) in [6.07, 6.45) is 3.48. The van der Waals surface area contributed by atoms with E-state index in [0.717, 1.165) is 21.9 Å². The van der Waals surface area contributed by atoms with E-state index < -0.39 is 7.14 Å². The standard InChI is InChI=1S/C20H20ClN6OP/c1-27-12-13-8-9-14(10-17(13)26-27)23-20-22-11-15(21)19(25-20)24-16-6-4-5-7-18(16)29(2,3)28/h4-12H,1-3H3,(H2,22,23,24,25). The van der Waals surface area contributed by atoms with Crippen molar-refractivity contribution in [2.45, 2.75) is 0 Å². The second-order valence-electron chi connectivity index (χ2n) is 7.08. The van der Waals surface area contributed by atoms with Crippen LogP contribution in [-0.2, 0) is 11.6 Å². The average molecular weight is 427 g/mol. The van der Waals surface area contributed by atoms with E-state index in [1.807, 2.05) is 55.7 Å². The Kier molecular flexibility index (Phi) is 5.03. The smallest absolute Gasteiger partial charge is 0.229 e. The van der Waals surface area contributed by atoms with Crippen molar-refractivity contribution >= 4 is 58.1 Å². The van der Waals surface area contributed by atoms with Crippen molar-refractivity contribution in [3.8, 4) is 0 Å². The van der Waals surface area contributed by atoms with Crippen LogP contribution in [0.1, 0.15) is 0 Å². The number of nitrogens with one attached hydrogen (secondary N) is 2. The third-order valence-corrected chi connectivity index (χ3v) is 6.19. The molecule has 4 rings (SSSR count). The third-order valence-electron chi connectivity index (χ3n) is 4.36. The molecular formula is C20H20ClN6OP. The minimum absolute atomic E-state index is 0.368. The van der Waals surface area contributed by atoms with Gasteiger partial charge in [0.1, 0.15) is 12.2 Å². The molecule has 2 heterocycles. The Labute approximate surface area is 173 Å². The summed E-state index contributed by atoms with van der Waals surface area (Å²) in [4.78, 5) is 8.75. The minimum atomic E-state index is -2.47. The number of aromatic nitrogens is 4. The maximum Gasteiger partial charge on any atom is 0.229 e. The van der Waals surface area contributed by atoms with E-state index in [1.165, 1.54) is 6.20 Å². The van der Waals surface area contributed by atoms with E-state index in [4.69, 9.17) is 11.6 Å². The molecule has 148 valence electrons. The number of rotatable bonds is 5. The van der Waals surface area contributed by atoms with Crippen molar-refractivity contribution in [2.24, 2.45) is 7.05 Å². The van der Waals surface area contributed by atoms with E-state index in [0.29, 0.717) is 22.5 Å². The summed E-state index contributed by atoms with van der Waals surface area (Å²) < 4.78 is 14.4. The molecule has 0 spiro atoms. The summed E-state index contributed by atoms with van der Waals surface area (Å²) in [5.74, 6) is 0.824. The number of benzene rings is 2. The number of halogens is 1. The SMILES string of the molecule is Cn1cc2ccc(Nc3ncc(Cl)c(Nc4ccccc4P(C)(C)=O)n3)cc2n1. The molecule has 0 saturated carbocycles. The first-order valence-electron chi connectivity index (χ1n) is 8.94. The monoisotopic (exact) mass is 426 g/mol. The first-order valence-corrected chi connectivity index (χ1v) is 11.9. The molecule has 7 nitrogen and oxygen atoms in total. The molecule has 2 aromatic heterocycles. The minimum Gasteiger partial charge on any atom is -0.338 e. The lowest BCUT2D eigenvalue weighted by molar-refractivity contribution is 0.588. The highest BCUT2D eigenvalue weighted by Gasteiger charge is 2.17. The van der Waals surface area contributed by atoms with E-state index in [-0.39, 0.29) is 0 Å². The van der Waals surface area contributed by atoms with Gasteiger partial charge in [-0.25, -0.2) is 4.98 Å². The van der Waals surface area contributed by atoms with Crippen molar-refractivity contribution in [3.05, 3.63) is 59.9 Å². The lowest BCUT2D eigenvalue weighted by Gasteiger charge is -2.15. The number of hydrogen-bond acceptors (Lipinski definition) is 6. The predicted octanol–water partition coefficient (Wildman–Crippen LogP) is 4.75. The van der Waals surface area contributed by atoms with Crippen LogP contribution in [0.4, 0.5) is 23.1 Å². The number of para-hydroxylation sites is 1. The van der Waals surface area contributed by atoms with Crippen molar-refractivity contribution in [2.75, 3.05) is 24.0 Å². The molecule has 0 aliphatic carbocycles.